The van der Waals surface area contributed by atoms with Crippen molar-refractivity contribution < 1.29 is 14.6 Å². The first-order chi connectivity index (χ1) is 7.46. The standard InChI is InChI=1S/C10H19N3O3/c1-10(14,6-9(15-3)16-4)5-8-7-13(2)12-11-8/h7,9,14H,5-6H2,1-4H3. The van der Waals surface area contributed by atoms with Crippen LogP contribution in [-0.4, -0.2) is 46.2 Å². The lowest BCUT2D eigenvalue weighted by Gasteiger charge is -2.26. The molecular weight excluding hydrogens is 210 g/mol. The lowest BCUT2D eigenvalue weighted by atomic mass is 9.96. The highest BCUT2D eigenvalue weighted by molar-refractivity contribution is 4.98. The van der Waals surface area contributed by atoms with Crippen molar-refractivity contribution in [2.75, 3.05) is 14.2 Å². The van der Waals surface area contributed by atoms with Gasteiger partial charge in [-0.05, 0) is 6.92 Å². The van der Waals surface area contributed by atoms with Crippen molar-refractivity contribution in [2.24, 2.45) is 7.05 Å². The van der Waals surface area contributed by atoms with Gasteiger partial charge in [0, 0.05) is 40.3 Å². The fourth-order valence-electron chi connectivity index (χ4n) is 1.56. The molecular formula is C10H19N3O3. The van der Waals surface area contributed by atoms with Gasteiger partial charge in [-0.15, -0.1) is 5.10 Å². The van der Waals surface area contributed by atoms with E-state index in [1.165, 1.54) is 0 Å². The molecule has 0 radical (unpaired) electrons. The van der Waals surface area contributed by atoms with Crippen molar-refractivity contribution >= 4 is 0 Å². The monoisotopic (exact) mass is 229 g/mol. The Morgan fingerprint density at radius 1 is 1.50 bits per heavy atom. The maximum Gasteiger partial charge on any atom is 0.159 e. The lowest BCUT2D eigenvalue weighted by molar-refractivity contribution is -0.139. The second kappa shape index (κ2) is 5.38. The number of aryl methyl sites for hydroxylation is 1. The zero-order chi connectivity index (χ0) is 12.2. The molecule has 1 aromatic heterocycles. The first kappa shape index (κ1) is 13.1. The number of methoxy groups -OCH3 is 2. The largest absolute Gasteiger partial charge is 0.390 e. The van der Waals surface area contributed by atoms with Gasteiger partial charge in [0.2, 0.25) is 0 Å². The molecule has 0 bridgehead atoms. The van der Waals surface area contributed by atoms with E-state index in [4.69, 9.17) is 9.47 Å². The molecule has 0 saturated carbocycles. The highest BCUT2D eigenvalue weighted by atomic mass is 16.7. The van der Waals surface area contributed by atoms with Gasteiger partial charge in [-0.3, -0.25) is 4.68 Å². The van der Waals surface area contributed by atoms with Crippen molar-refractivity contribution in [3.63, 3.8) is 0 Å². The number of aromatic nitrogens is 3. The van der Waals surface area contributed by atoms with Crippen molar-refractivity contribution in [3.8, 4) is 0 Å². The van der Waals surface area contributed by atoms with E-state index in [0.29, 0.717) is 12.8 Å². The molecule has 1 rings (SSSR count). The van der Waals surface area contributed by atoms with Crippen LogP contribution in [0, 0.1) is 0 Å². The number of nitrogens with zero attached hydrogens (tertiary/aromatic N) is 3. The van der Waals surface area contributed by atoms with E-state index in [2.05, 4.69) is 10.3 Å². The highest BCUT2D eigenvalue weighted by Gasteiger charge is 2.27. The Hall–Kier alpha value is -0.980. The van der Waals surface area contributed by atoms with Gasteiger partial charge in [0.05, 0.1) is 11.3 Å². The van der Waals surface area contributed by atoms with Gasteiger partial charge < -0.3 is 14.6 Å². The van der Waals surface area contributed by atoms with E-state index in [0.717, 1.165) is 5.69 Å². The molecule has 0 aliphatic carbocycles. The molecule has 1 atom stereocenters. The molecule has 1 heterocycles. The molecule has 16 heavy (non-hydrogen) atoms. The minimum atomic E-state index is -0.924. The molecule has 92 valence electrons. The van der Waals surface area contributed by atoms with Gasteiger partial charge in [-0.1, -0.05) is 5.21 Å². The molecule has 1 aromatic rings. The number of rotatable bonds is 6. The topological polar surface area (TPSA) is 69.4 Å². The Kier molecular flexibility index (Phi) is 4.40. The second-order valence-corrected chi connectivity index (χ2v) is 4.16. The van der Waals surface area contributed by atoms with E-state index in [9.17, 15) is 5.11 Å². The van der Waals surface area contributed by atoms with Gasteiger partial charge in [-0.2, -0.15) is 0 Å². The van der Waals surface area contributed by atoms with Gasteiger partial charge in [0.15, 0.2) is 6.29 Å². The molecule has 0 spiro atoms. The third kappa shape index (κ3) is 3.88. The molecule has 0 aliphatic heterocycles. The Balaban J connectivity index is 2.57. The highest BCUT2D eigenvalue weighted by Crippen LogP contribution is 2.19. The fraction of sp³-hybridized carbons (Fsp3) is 0.800. The first-order valence-corrected chi connectivity index (χ1v) is 5.10. The second-order valence-electron chi connectivity index (χ2n) is 4.16. The molecule has 6 nitrogen and oxygen atoms in total. The van der Waals surface area contributed by atoms with Gasteiger partial charge in [0.25, 0.3) is 0 Å². The fourth-order valence-corrected chi connectivity index (χ4v) is 1.56. The van der Waals surface area contributed by atoms with Crippen LogP contribution in [0.25, 0.3) is 0 Å². The quantitative estimate of drug-likeness (QED) is 0.701. The van der Waals surface area contributed by atoms with Crippen LogP contribution < -0.4 is 0 Å². The van der Waals surface area contributed by atoms with Gasteiger partial charge in [-0.25, -0.2) is 0 Å². The van der Waals surface area contributed by atoms with Crippen LogP contribution in [-0.2, 0) is 22.9 Å². The summed E-state index contributed by atoms with van der Waals surface area (Å²) in [6.45, 7) is 1.73. The third-order valence-corrected chi connectivity index (χ3v) is 2.34. The molecule has 0 fully saturated rings. The summed E-state index contributed by atoms with van der Waals surface area (Å²) >= 11 is 0. The molecule has 0 saturated heterocycles. The van der Waals surface area contributed by atoms with E-state index in [-0.39, 0.29) is 0 Å². The first-order valence-electron chi connectivity index (χ1n) is 5.10. The predicted octanol–water partition coefficient (Wildman–Crippen LogP) is 0.118. The smallest absolute Gasteiger partial charge is 0.159 e. The van der Waals surface area contributed by atoms with E-state index in [1.807, 2.05) is 0 Å². The number of hydrogen-bond donors (Lipinski definition) is 1. The average Bonchev–Trinajstić information content (AvgIpc) is 2.59. The molecule has 6 heteroatoms. The van der Waals surface area contributed by atoms with Crippen LogP contribution in [0.2, 0.25) is 0 Å². The van der Waals surface area contributed by atoms with E-state index < -0.39 is 11.9 Å². The van der Waals surface area contributed by atoms with Crippen molar-refractivity contribution in [1.29, 1.82) is 0 Å². The summed E-state index contributed by atoms with van der Waals surface area (Å²) in [4.78, 5) is 0. The van der Waals surface area contributed by atoms with Gasteiger partial charge >= 0.3 is 0 Å². The summed E-state index contributed by atoms with van der Waals surface area (Å²) < 4.78 is 11.7. The normalized spacial score (nSPS) is 15.4. The van der Waals surface area contributed by atoms with Gasteiger partial charge in [0.1, 0.15) is 0 Å². The third-order valence-electron chi connectivity index (χ3n) is 2.34. The summed E-state index contributed by atoms with van der Waals surface area (Å²) in [6.07, 6.45) is 2.18. The van der Waals surface area contributed by atoms with Crippen LogP contribution in [0.4, 0.5) is 0 Å². The van der Waals surface area contributed by atoms with Crippen LogP contribution in [0.15, 0.2) is 6.20 Å². The Labute approximate surface area is 95.2 Å². The summed E-state index contributed by atoms with van der Waals surface area (Å²) in [5.74, 6) is 0. The van der Waals surface area contributed by atoms with Crippen molar-refractivity contribution in [2.45, 2.75) is 31.7 Å². The van der Waals surface area contributed by atoms with Crippen LogP contribution in [0.5, 0.6) is 0 Å². The minimum absolute atomic E-state index is 0.385. The van der Waals surface area contributed by atoms with Crippen LogP contribution in [0.1, 0.15) is 19.0 Å². The molecule has 0 aromatic carbocycles. The zero-order valence-electron chi connectivity index (χ0n) is 10.2. The van der Waals surface area contributed by atoms with E-state index >= 15 is 0 Å². The minimum Gasteiger partial charge on any atom is -0.390 e. The maximum atomic E-state index is 10.2. The number of ether oxygens (including phenoxy) is 2. The molecule has 1 N–H and O–H groups in total. The maximum absolute atomic E-state index is 10.2. The Morgan fingerprint density at radius 3 is 2.56 bits per heavy atom. The number of aliphatic hydroxyl groups is 1. The predicted molar refractivity (Wildman–Crippen MR) is 57.8 cm³/mol. The molecule has 1 unspecified atom stereocenters. The van der Waals surface area contributed by atoms with Crippen molar-refractivity contribution in [1.82, 2.24) is 15.0 Å². The summed E-state index contributed by atoms with van der Waals surface area (Å²) in [5, 5.41) is 17.9. The summed E-state index contributed by atoms with van der Waals surface area (Å²) in [7, 11) is 4.89. The molecule has 0 amide bonds. The molecule has 0 aliphatic rings. The summed E-state index contributed by atoms with van der Waals surface area (Å²) in [5.41, 5.74) is -0.175. The Bertz CT molecular complexity index is 321. The van der Waals surface area contributed by atoms with Crippen LogP contribution >= 0.6 is 0 Å². The average molecular weight is 229 g/mol. The lowest BCUT2D eigenvalue weighted by Crippen LogP contribution is -2.34. The van der Waals surface area contributed by atoms with Crippen LogP contribution in [0.3, 0.4) is 0 Å². The SMILES string of the molecule is COC(CC(C)(O)Cc1cn(C)nn1)OC. The number of hydrogen-bond acceptors (Lipinski definition) is 5. The zero-order valence-corrected chi connectivity index (χ0v) is 10.2. The Morgan fingerprint density at radius 2 is 2.12 bits per heavy atom. The van der Waals surface area contributed by atoms with E-state index in [1.54, 1.807) is 39.1 Å². The summed E-state index contributed by atoms with van der Waals surface area (Å²) in [6, 6.07) is 0. The van der Waals surface area contributed by atoms with Crippen molar-refractivity contribution in [3.05, 3.63) is 11.9 Å².